The zero-order valence-corrected chi connectivity index (χ0v) is 12.9. The van der Waals surface area contributed by atoms with Crippen LogP contribution in [0.4, 0.5) is 0 Å². The molecule has 6 heteroatoms. The summed E-state index contributed by atoms with van der Waals surface area (Å²) in [6.45, 7) is 2.82. The highest BCUT2D eigenvalue weighted by Crippen LogP contribution is 2.19. The van der Waals surface area contributed by atoms with Crippen molar-refractivity contribution in [3.05, 3.63) is 34.9 Å². The number of likely N-dealkylation sites (N-methyl/N-ethyl adjacent to an activating group) is 1. The van der Waals surface area contributed by atoms with Gasteiger partial charge in [-0.05, 0) is 24.6 Å². The van der Waals surface area contributed by atoms with Gasteiger partial charge in [0.25, 0.3) is 5.91 Å². The third-order valence-electron chi connectivity index (χ3n) is 3.60. The molecule has 1 atom stereocenters. The number of benzene rings is 1. The third kappa shape index (κ3) is 3.74. The fraction of sp³-hybridized carbons (Fsp3) is 0.467. The van der Waals surface area contributed by atoms with E-state index in [4.69, 9.17) is 16.3 Å². The van der Waals surface area contributed by atoms with Gasteiger partial charge in [0.2, 0.25) is 5.91 Å². The van der Waals surface area contributed by atoms with Crippen molar-refractivity contribution < 1.29 is 14.3 Å². The number of ether oxygens (including phenoxy) is 1. The van der Waals surface area contributed by atoms with Gasteiger partial charge in [-0.25, -0.2) is 0 Å². The van der Waals surface area contributed by atoms with Gasteiger partial charge in [-0.2, -0.15) is 0 Å². The fourth-order valence-corrected chi connectivity index (χ4v) is 2.50. The molecule has 1 fully saturated rings. The quantitative estimate of drug-likeness (QED) is 0.914. The predicted octanol–water partition coefficient (Wildman–Crippen LogP) is 1.25. The lowest BCUT2D eigenvalue weighted by atomic mass is 10.0. The van der Waals surface area contributed by atoms with Gasteiger partial charge in [0.1, 0.15) is 0 Å². The summed E-state index contributed by atoms with van der Waals surface area (Å²) >= 11 is 5.83. The molecule has 0 aromatic heterocycles. The first-order valence-electron chi connectivity index (χ1n) is 6.83. The molecule has 1 aromatic carbocycles. The van der Waals surface area contributed by atoms with Gasteiger partial charge in [0.15, 0.2) is 5.60 Å². The molecule has 114 valence electrons. The SMILES string of the molecule is CNC(=O)[C@@]1(C)CN(C(=O)Cc2ccc(Cl)cc2)CCO1. The van der Waals surface area contributed by atoms with E-state index in [-0.39, 0.29) is 18.4 Å². The molecular weight excluding hydrogens is 292 g/mol. The van der Waals surface area contributed by atoms with E-state index in [0.717, 1.165) is 5.56 Å². The third-order valence-corrected chi connectivity index (χ3v) is 3.86. The fourth-order valence-electron chi connectivity index (χ4n) is 2.37. The number of hydrogen-bond donors (Lipinski definition) is 1. The van der Waals surface area contributed by atoms with E-state index in [1.54, 1.807) is 31.0 Å². The molecule has 1 heterocycles. The van der Waals surface area contributed by atoms with Crippen LogP contribution in [0, 0.1) is 0 Å². The van der Waals surface area contributed by atoms with Crippen LogP contribution < -0.4 is 5.32 Å². The van der Waals surface area contributed by atoms with Crippen molar-refractivity contribution in [1.29, 1.82) is 0 Å². The minimum atomic E-state index is -0.983. The molecule has 2 rings (SSSR count). The monoisotopic (exact) mass is 310 g/mol. The summed E-state index contributed by atoms with van der Waals surface area (Å²) in [5, 5.41) is 3.22. The number of nitrogens with zero attached hydrogens (tertiary/aromatic N) is 1. The van der Waals surface area contributed by atoms with E-state index in [1.807, 2.05) is 12.1 Å². The van der Waals surface area contributed by atoms with Crippen LogP contribution in [0.1, 0.15) is 12.5 Å². The molecule has 5 nitrogen and oxygen atoms in total. The smallest absolute Gasteiger partial charge is 0.253 e. The summed E-state index contributed by atoms with van der Waals surface area (Å²) in [7, 11) is 1.56. The number of halogens is 1. The highest BCUT2D eigenvalue weighted by molar-refractivity contribution is 6.30. The normalized spacial score (nSPS) is 22.0. The number of nitrogens with one attached hydrogen (secondary N) is 1. The zero-order valence-electron chi connectivity index (χ0n) is 12.2. The first-order valence-corrected chi connectivity index (χ1v) is 7.21. The van der Waals surface area contributed by atoms with Gasteiger partial charge >= 0.3 is 0 Å². The summed E-state index contributed by atoms with van der Waals surface area (Å²) in [5.41, 5.74) is -0.0830. The number of carbonyl (C=O) groups excluding carboxylic acids is 2. The topological polar surface area (TPSA) is 58.6 Å². The average Bonchev–Trinajstić information content (AvgIpc) is 2.48. The highest BCUT2D eigenvalue weighted by atomic mass is 35.5. The number of amides is 2. The van der Waals surface area contributed by atoms with Gasteiger partial charge < -0.3 is 15.0 Å². The molecule has 1 N–H and O–H groups in total. The average molecular weight is 311 g/mol. The Morgan fingerprint density at radius 1 is 1.38 bits per heavy atom. The Morgan fingerprint density at radius 2 is 2.05 bits per heavy atom. The molecule has 0 saturated carbocycles. The molecule has 2 amide bonds. The largest absolute Gasteiger partial charge is 0.362 e. The van der Waals surface area contributed by atoms with Crippen LogP contribution in [-0.4, -0.2) is 49.1 Å². The van der Waals surface area contributed by atoms with Gasteiger partial charge in [-0.1, -0.05) is 23.7 Å². The minimum absolute atomic E-state index is 0.0178. The molecule has 0 radical (unpaired) electrons. The van der Waals surface area contributed by atoms with Crippen LogP contribution in [0.15, 0.2) is 24.3 Å². The Kier molecular flexibility index (Phi) is 4.85. The maximum atomic E-state index is 12.4. The Morgan fingerprint density at radius 3 is 2.67 bits per heavy atom. The summed E-state index contributed by atoms with van der Waals surface area (Å²) in [5.74, 6) is -0.234. The van der Waals surface area contributed by atoms with E-state index >= 15 is 0 Å². The number of hydrogen-bond acceptors (Lipinski definition) is 3. The molecule has 0 unspecified atom stereocenters. The van der Waals surface area contributed by atoms with Crippen LogP contribution in [0.5, 0.6) is 0 Å². The molecule has 1 aliphatic rings. The number of carbonyl (C=O) groups is 2. The van der Waals surface area contributed by atoms with Crippen molar-refractivity contribution >= 4 is 23.4 Å². The van der Waals surface area contributed by atoms with Gasteiger partial charge in [-0.3, -0.25) is 9.59 Å². The van der Waals surface area contributed by atoms with E-state index in [1.165, 1.54) is 0 Å². The second-order valence-corrected chi connectivity index (χ2v) is 5.71. The Hall–Kier alpha value is -1.59. The van der Waals surface area contributed by atoms with E-state index in [9.17, 15) is 9.59 Å². The van der Waals surface area contributed by atoms with Crippen molar-refractivity contribution in [3.63, 3.8) is 0 Å². The predicted molar refractivity (Wildman–Crippen MR) is 80.2 cm³/mol. The molecule has 0 bridgehead atoms. The van der Waals surface area contributed by atoms with Crippen molar-refractivity contribution in [2.24, 2.45) is 0 Å². The molecule has 0 spiro atoms. The summed E-state index contributed by atoms with van der Waals surface area (Å²) < 4.78 is 5.54. The summed E-state index contributed by atoms with van der Waals surface area (Å²) in [4.78, 5) is 25.9. The first-order chi connectivity index (χ1) is 9.94. The lowest BCUT2D eigenvalue weighted by Crippen LogP contribution is -2.59. The van der Waals surface area contributed by atoms with Crippen LogP contribution in [0.25, 0.3) is 0 Å². The number of morpholine rings is 1. The van der Waals surface area contributed by atoms with Crippen molar-refractivity contribution in [1.82, 2.24) is 10.2 Å². The second-order valence-electron chi connectivity index (χ2n) is 5.28. The van der Waals surface area contributed by atoms with E-state index in [0.29, 0.717) is 24.6 Å². The highest BCUT2D eigenvalue weighted by Gasteiger charge is 2.40. The minimum Gasteiger partial charge on any atom is -0.362 e. The molecule has 1 aromatic rings. The van der Waals surface area contributed by atoms with E-state index in [2.05, 4.69) is 5.32 Å². The van der Waals surface area contributed by atoms with Crippen LogP contribution in [0.2, 0.25) is 5.02 Å². The van der Waals surface area contributed by atoms with Gasteiger partial charge in [0.05, 0.1) is 19.6 Å². The molecule has 0 aliphatic carbocycles. The molecule has 21 heavy (non-hydrogen) atoms. The second kappa shape index (κ2) is 6.45. The maximum Gasteiger partial charge on any atom is 0.253 e. The Balaban J connectivity index is 2.02. The van der Waals surface area contributed by atoms with Gasteiger partial charge in [-0.15, -0.1) is 0 Å². The van der Waals surface area contributed by atoms with Crippen LogP contribution >= 0.6 is 11.6 Å². The summed E-state index contributed by atoms with van der Waals surface area (Å²) in [6.07, 6.45) is 0.293. The van der Waals surface area contributed by atoms with Crippen molar-refractivity contribution in [2.75, 3.05) is 26.7 Å². The number of rotatable bonds is 3. The van der Waals surface area contributed by atoms with E-state index < -0.39 is 5.60 Å². The molecule has 1 aliphatic heterocycles. The lowest BCUT2D eigenvalue weighted by Gasteiger charge is -2.39. The Bertz CT molecular complexity index is 532. The van der Waals surface area contributed by atoms with Crippen molar-refractivity contribution in [3.8, 4) is 0 Å². The standard InChI is InChI=1S/C15H19ClN2O3/c1-15(14(20)17-2)10-18(7-8-21-15)13(19)9-11-3-5-12(16)6-4-11/h3-6H,7-10H2,1-2H3,(H,17,20)/t15-/m1/s1. The Labute approximate surface area is 129 Å². The van der Waals surface area contributed by atoms with Gasteiger partial charge in [0, 0.05) is 18.6 Å². The maximum absolute atomic E-state index is 12.4. The van der Waals surface area contributed by atoms with Crippen LogP contribution in [0.3, 0.4) is 0 Å². The first kappa shape index (κ1) is 15.8. The van der Waals surface area contributed by atoms with Crippen molar-refractivity contribution in [2.45, 2.75) is 18.9 Å². The van der Waals surface area contributed by atoms with Crippen LogP contribution in [-0.2, 0) is 20.7 Å². The molecule has 1 saturated heterocycles. The molecular formula is C15H19ClN2O3. The zero-order chi connectivity index (χ0) is 15.5. The summed E-state index contributed by atoms with van der Waals surface area (Å²) in [6, 6.07) is 7.19. The lowest BCUT2D eigenvalue weighted by molar-refractivity contribution is -0.162.